The number of carboxylic acids is 2. The molecule has 0 aliphatic rings. The number of Topliss-reactive ketones (excluding diaryl/α,β-unsaturated/α-hetero) is 2. The lowest BCUT2D eigenvalue weighted by atomic mass is 10.0. The molecular weight excluding hydrogens is 430 g/mol. The predicted octanol–water partition coefficient (Wildman–Crippen LogP) is -2.45. The van der Waals surface area contributed by atoms with Crippen molar-refractivity contribution in [1.82, 2.24) is 10.6 Å². The molecule has 3 unspecified atom stereocenters. The zero-order chi connectivity index (χ0) is 24.7. The Labute approximate surface area is 181 Å². The summed E-state index contributed by atoms with van der Waals surface area (Å²) in [4.78, 5) is 75.3. The van der Waals surface area contributed by atoms with Crippen LogP contribution in [0.5, 0.6) is 0 Å². The highest BCUT2D eigenvalue weighted by Crippen LogP contribution is 2.05. The highest BCUT2D eigenvalue weighted by molar-refractivity contribution is 6.25. The van der Waals surface area contributed by atoms with Gasteiger partial charge in [0.15, 0.2) is 0 Å². The molecule has 174 valence electrons. The zero-order valence-corrected chi connectivity index (χ0v) is 16.9. The number of aliphatic carboxylic acids is 2. The average Bonchev–Trinajstić information content (AvgIpc) is 2.72. The van der Waals surface area contributed by atoms with Gasteiger partial charge in [-0.3, -0.25) is 24.0 Å². The minimum absolute atomic E-state index is 0.225. The van der Waals surface area contributed by atoms with Gasteiger partial charge in [-0.25, -0.2) is 4.79 Å². The van der Waals surface area contributed by atoms with Crippen molar-refractivity contribution in [3.05, 3.63) is 0 Å². The van der Waals surface area contributed by atoms with Gasteiger partial charge in [-0.05, 0) is 19.3 Å². The number of rotatable bonds is 16. The summed E-state index contributed by atoms with van der Waals surface area (Å²) >= 11 is 0. The first kappa shape index (κ1) is 27.9. The molecule has 0 bridgehead atoms. The summed E-state index contributed by atoms with van der Waals surface area (Å²) in [7, 11) is 0. The van der Waals surface area contributed by atoms with Crippen molar-refractivity contribution >= 4 is 47.7 Å². The molecule has 0 aliphatic heterocycles. The standard InChI is InChI=1S/C17H23N7O8/c18-11(16(29)30)3-6-14(27)23-12(4-1-9(25)7-21-19)15(28)24-13(17(31)32)5-2-10(26)8-22-20/h7-8,11-13,19-20H,1-6,18H2,(H2-2,23,24,27,28,29,30,31,32)/p+2. The van der Waals surface area contributed by atoms with Crippen molar-refractivity contribution < 1.29 is 48.6 Å². The van der Waals surface area contributed by atoms with E-state index in [1.165, 1.54) is 0 Å². The van der Waals surface area contributed by atoms with Crippen molar-refractivity contribution in [1.29, 1.82) is 11.1 Å². The number of hydrogen-bond acceptors (Lipinski definition) is 9. The molecule has 0 aliphatic carbocycles. The zero-order valence-electron chi connectivity index (χ0n) is 16.9. The Hall–Kier alpha value is -4.06. The first-order valence-corrected chi connectivity index (χ1v) is 9.28. The Bertz CT molecular complexity index is 846. The van der Waals surface area contributed by atoms with E-state index < -0.39 is 53.4 Å². The van der Waals surface area contributed by atoms with Gasteiger partial charge in [0.05, 0.1) is 20.6 Å². The molecule has 2 amide bonds. The topological polar surface area (TPSA) is 269 Å². The van der Waals surface area contributed by atoms with Crippen LogP contribution in [0, 0.1) is 11.1 Å². The molecular formula is C17H25N7O8+2. The molecule has 8 N–H and O–H groups in total. The van der Waals surface area contributed by atoms with E-state index in [0.29, 0.717) is 12.4 Å². The number of carboxylic acid groups (broad SMARTS) is 2. The van der Waals surface area contributed by atoms with Crippen LogP contribution in [-0.2, 0) is 28.8 Å². The minimum atomic E-state index is -1.50. The summed E-state index contributed by atoms with van der Waals surface area (Å²) in [6.07, 6.45) is -0.379. The first-order valence-electron chi connectivity index (χ1n) is 9.28. The number of nitrogens with two attached hydrogens (primary N) is 1. The van der Waals surface area contributed by atoms with E-state index in [1.807, 2.05) is 0 Å². The second-order valence-electron chi connectivity index (χ2n) is 6.53. The number of carbonyl (C=O) groups excluding carboxylic acids is 4. The Morgan fingerprint density at radius 1 is 0.781 bits per heavy atom. The lowest BCUT2D eigenvalue weighted by Gasteiger charge is -2.21. The van der Waals surface area contributed by atoms with E-state index in [2.05, 4.69) is 20.2 Å². The highest BCUT2D eigenvalue weighted by Gasteiger charge is 2.28. The van der Waals surface area contributed by atoms with Crippen LogP contribution in [0.3, 0.4) is 0 Å². The minimum Gasteiger partial charge on any atom is -0.480 e. The van der Waals surface area contributed by atoms with Gasteiger partial charge < -0.3 is 26.6 Å². The van der Waals surface area contributed by atoms with E-state index in [0.717, 1.165) is 0 Å². The van der Waals surface area contributed by atoms with Crippen LogP contribution in [0.1, 0.15) is 38.5 Å². The van der Waals surface area contributed by atoms with Crippen LogP contribution < -0.4 is 16.4 Å². The lowest BCUT2D eigenvalue weighted by Crippen LogP contribution is -2.52. The summed E-state index contributed by atoms with van der Waals surface area (Å²) in [5.41, 5.74) is 18.5. The fourth-order valence-corrected chi connectivity index (χ4v) is 2.32. The van der Waals surface area contributed by atoms with Crippen LogP contribution in [0.2, 0.25) is 0 Å². The van der Waals surface area contributed by atoms with Crippen LogP contribution in [0.25, 0.3) is 0 Å². The molecule has 0 aromatic rings. The third-order valence-corrected chi connectivity index (χ3v) is 4.04. The van der Waals surface area contributed by atoms with Crippen molar-refractivity contribution in [2.45, 2.75) is 56.7 Å². The summed E-state index contributed by atoms with van der Waals surface area (Å²) in [6.45, 7) is 0. The maximum atomic E-state index is 12.5. The molecule has 0 saturated carbocycles. The van der Waals surface area contributed by atoms with Crippen molar-refractivity contribution in [3.63, 3.8) is 0 Å². The second-order valence-corrected chi connectivity index (χ2v) is 6.53. The van der Waals surface area contributed by atoms with Gasteiger partial charge in [0.1, 0.15) is 18.1 Å². The molecule has 0 heterocycles. The number of ketones is 2. The number of carbonyl (C=O) groups is 6. The van der Waals surface area contributed by atoms with Gasteiger partial charge in [-0.2, -0.15) is 0 Å². The van der Waals surface area contributed by atoms with Crippen molar-refractivity contribution in [2.24, 2.45) is 5.73 Å². The van der Waals surface area contributed by atoms with Gasteiger partial charge in [-0.1, -0.05) is 0 Å². The van der Waals surface area contributed by atoms with Crippen LogP contribution in [-0.4, -0.2) is 85.7 Å². The fourth-order valence-electron chi connectivity index (χ4n) is 2.32. The van der Waals surface area contributed by atoms with Gasteiger partial charge in [-0.15, -0.1) is 0 Å². The van der Waals surface area contributed by atoms with E-state index in [-0.39, 0.29) is 38.5 Å². The average molecular weight is 455 g/mol. The SMILES string of the molecule is N=[N+]=CC(=O)CCC(NC(=O)C(CCC(=O)C=[N+]=N)NC(=O)CCC(N)C(=O)O)C(=O)O. The van der Waals surface area contributed by atoms with Crippen LogP contribution in [0.15, 0.2) is 0 Å². The van der Waals surface area contributed by atoms with Crippen LogP contribution >= 0.6 is 0 Å². The molecule has 32 heavy (non-hydrogen) atoms. The normalized spacial score (nSPS) is 12.7. The molecule has 0 spiro atoms. The summed E-state index contributed by atoms with van der Waals surface area (Å²) in [6, 6.07) is -4.17. The quantitative estimate of drug-likeness (QED) is 0.0738. The maximum absolute atomic E-state index is 12.5. The summed E-state index contributed by atoms with van der Waals surface area (Å²) in [5.74, 6) is -5.72. The van der Waals surface area contributed by atoms with Gasteiger partial charge in [0, 0.05) is 19.3 Å². The molecule has 0 rings (SSSR count). The molecule has 0 fully saturated rings. The van der Waals surface area contributed by atoms with Crippen LogP contribution in [0.4, 0.5) is 0 Å². The predicted molar refractivity (Wildman–Crippen MR) is 103 cm³/mol. The van der Waals surface area contributed by atoms with Crippen molar-refractivity contribution in [3.8, 4) is 0 Å². The fraction of sp³-hybridized carbons (Fsp3) is 0.529. The first-order chi connectivity index (χ1) is 15.0. The molecule has 3 atom stereocenters. The molecule has 0 saturated heterocycles. The van der Waals surface area contributed by atoms with E-state index in [4.69, 9.17) is 21.9 Å². The third kappa shape index (κ3) is 11.8. The number of nitrogens with one attached hydrogen (secondary N) is 4. The number of nitrogens with zero attached hydrogens (tertiary/aromatic N) is 2. The third-order valence-electron chi connectivity index (χ3n) is 4.04. The summed E-state index contributed by atoms with van der Waals surface area (Å²) in [5, 5.41) is 22.5. The van der Waals surface area contributed by atoms with E-state index >= 15 is 0 Å². The number of hydrogen-bond donors (Lipinski definition) is 7. The van der Waals surface area contributed by atoms with E-state index in [9.17, 15) is 33.9 Å². The Kier molecular flexibility index (Phi) is 13.0. The molecule has 0 aromatic heterocycles. The Morgan fingerprint density at radius 2 is 1.28 bits per heavy atom. The Morgan fingerprint density at radius 3 is 1.72 bits per heavy atom. The smallest absolute Gasteiger partial charge is 0.372 e. The van der Waals surface area contributed by atoms with Gasteiger partial charge >= 0.3 is 24.4 Å². The molecule has 0 radical (unpaired) electrons. The molecule has 15 heteroatoms. The van der Waals surface area contributed by atoms with E-state index in [1.54, 1.807) is 0 Å². The largest absolute Gasteiger partial charge is 0.480 e. The molecule has 15 nitrogen and oxygen atoms in total. The van der Waals surface area contributed by atoms with Gasteiger partial charge in [0.2, 0.25) is 23.4 Å². The lowest BCUT2D eigenvalue weighted by molar-refractivity contribution is -0.143. The maximum Gasteiger partial charge on any atom is 0.372 e. The molecule has 0 aromatic carbocycles. The Balaban J connectivity index is 5.25. The summed E-state index contributed by atoms with van der Waals surface area (Å²) < 4.78 is 0. The van der Waals surface area contributed by atoms with Crippen molar-refractivity contribution in [2.75, 3.05) is 0 Å². The monoisotopic (exact) mass is 455 g/mol. The number of amides is 2. The second kappa shape index (κ2) is 14.8. The highest BCUT2D eigenvalue weighted by atomic mass is 16.4. The van der Waals surface area contributed by atoms with Gasteiger partial charge in [0.25, 0.3) is 0 Å².